The van der Waals surface area contributed by atoms with E-state index in [1.807, 2.05) is 17.0 Å². The van der Waals surface area contributed by atoms with Crippen LogP contribution in [0.2, 0.25) is 0 Å². The normalized spacial score (nSPS) is 30.5. The molecule has 3 fully saturated rings. The van der Waals surface area contributed by atoms with E-state index in [0.717, 1.165) is 0 Å². The lowest BCUT2D eigenvalue weighted by Gasteiger charge is -2.47. The molecule has 11 unspecified atom stereocenters. The van der Waals surface area contributed by atoms with E-state index in [1.165, 1.54) is 24.3 Å². The quantitative estimate of drug-likeness (QED) is 0.0635. The summed E-state index contributed by atoms with van der Waals surface area (Å²) in [6.07, 6.45) is -9.90. The van der Waals surface area contributed by atoms with Gasteiger partial charge in [0.1, 0.15) is 49.7 Å². The highest BCUT2D eigenvalue weighted by Gasteiger charge is 2.57. The lowest BCUT2D eigenvalue weighted by Crippen LogP contribution is -2.70. The molecule has 0 spiro atoms. The SMILES string of the molecule is NC1NC(=O)C2NCN(c3ccccc3C3c4cc5c(c(OCC(O)CC=O)c4OC4OC(COCC3CCCO)C(O)C(O)C4(O)CCO)C(=O)c3cc(CO)ccc3C5=O)C2N1. The van der Waals surface area contributed by atoms with Gasteiger partial charge in [-0.1, -0.05) is 24.3 Å². The Morgan fingerprint density at radius 2 is 1.78 bits per heavy atom. The molecular weight excluding hydrogens is 839 g/mol. The molecule has 11 atom stereocenters. The third kappa shape index (κ3) is 8.18. The first-order valence-corrected chi connectivity index (χ1v) is 21.2. The Labute approximate surface area is 366 Å². The number of carbonyl (C=O) groups is 4. The molecule has 1 amide bonds. The highest BCUT2D eigenvalue weighted by atomic mass is 16.7. The number of ketones is 2. The monoisotopic (exact) mass is 891 g/mol. The molecule has 3 aromatic carbocycles. The number of nitrogens with zero attached hydrogens (tertiary/aromatic N) is 1. The van der Waals surface area contributed by atoms with Crippen LogP contribution in [-0.4, -0.2) is 154 Å². The Balaban J connectivity index is 1.43. The number of benzene rings is 3. The van der Waals surface area contributed by atoms with Gasteiger partial charge in [-0.05, 0) is 54.2 Å². The number of aldehydes is 1. The molecular formula is C44H53N5O15. The summed E-state index contributed by atoms with van der Waals surface area (Å²) >= 11 is 0. The third-order valence-corrected chi connectivity index (χ3v) is 12.7. The number of rotatable bonds is 13. The average molecular weight is 892 g/mol. The molecule has 12 N–H and O–H groups in total. The van der Waals surface area contributed by atoms with Gasteiger partial charge in [-0.15, -0.1) is 0 Å². The van der Waals surface area contributed by atoms with Crippen molar-refractivity contribution >= 4 is 29.4 Å². The molecule has 0 aromatic heterocycles. The summed E-state index contributed by atoms with van der Waals surface area (Å²) in [7, 11) is 0. The number of aliphatic hydroxyl groups is 7. The molecule has 0 radical (unpaired) electrons. The van der Waals surface area contributed by atoms with Gasteiger partial charge in [-0.25, -0.2) is 0 Å². The fraction of sp³-hybridized carbons (Fsp3) is 0.500. The van der Waals surface area contributed by atoms with Crippen molar-refractivity contribution in [3.05, 3.63) is 87.5 Å². The summed E-state index contributed by atoms with van der Waals surface area (Å²) < 4.78 is 25.6. The first-order valence-electron chi connectivity index (χ1n) is 21.2. The zero-order valence-electron chi connectivity index (χ0n) is 34.7. The Kier molecular flexibility index (Phi) is 13.5. The summed E-state index contributed by atoms with van der Waals surface area (Å²) in [4.78, 5) is 56.2. The smallest absolute Gasteiger partial charge is 0.242 e. The first kappa shape index (κ1) is 45.6. The number of anilines is 1. The highest BCUT2D eigenvalue weighted by Crippen LogP contribution is 2.52. The van der Waals surface area contributed by atoms with Gasteiger partial charge in [0.25, 0.3) is 0 Å². The van der Waals surface area contributed by atoms with Gasteiger partial charge in [0.2, 0.25) is 12.2 Å². The van der Waals surface area contributed by atoms with E-state index in [2.05, 4.69) is 16.0 Å². The molecule has 344 valence electrons. The highest BCUT2D eigenvalue weighted by molar-refractivity contribution is 6.29. The minimum atomic E-state index is -2.52. The number of para-hydroxylation sites is 1. The second-order valence-corrected chi connectivity index (χ2v) is 16.7. The van der Waals surface area contributed by atoms with Crippen LogP contribution >= 0.6 is 0 Å². The lowest BCUT2D eigenvalue weighted by atomic mass is 9.74. The number of fused-ring (bicyclic) bond motifs is 6. The second-order valence-electron chi connectivity index (χ2n) is 16.7. The van der Waals surface area contributed by atoms with E-state index in [0.29, 0.717) is 23.1 Å². The molecule has 1 aliphatic carbocycles. The molecule has 20 nitrogen and oxygen atoms in total. The van der Waals surface area contributed by atoms with Gasteiger partial charge in [-0.2, -0.15) is 0 Å². The maximum Gasteiger partial charge on any atom is 0.242 e. The number of hydrogen-bond donors (Lipinski definition) is 11. The average Bonchev–Trinajstić information content (AvgIpc) is 3.70. The number of amides is 1. The fourth-order valence-corrected chi connectivity index (χ4v) is 9.52. The Morgan fingerprint density at radius 1 is 0.984 bits per heavy atom. The van der Waals surface area contributed by atoms with Gasteiger partial charge in [0, 0.05) is 59.9 Å². The molecule has 64 heavy (non-hydrogen) atoms. The Morgan fingerprint density at radius 3 is 2.53 bits per heavy atom. The standard InChI is InChI=1S/C44H53N5O15/c45-43-47-40-33(41(59)48-43)46-20-49(40)29-6-2-1-5-25(29)31-22(4-3-11-50)17-61-19-30-36(57)39(58)44(60,10-13-52)42(63-30)64-37-28(31)15-27-32(38(37)62-18-23(54)9-12-51)35(56)26-14-21(16-53)7-8-24(26)34(27)55/h1-2,5-8,12,14-15,22-23,30-31,33,36,39-40,42-43,46-47,50,52-54,57-58,60H,3-4,9-11,13,16-20,45H2,(H,48,59). The van der Waals surface area contributed by atoms with Gasteiger partial charge in [0.15, 0.2) is 28.7 Å². The van der Waals surface area contributed by atoms with Crippen LogP contribution in [0.4, 0.5) is 5.69 Å². The van der Waals surface area contributed by atoms with E-state index in [9.17, 15) is 54.9 Å². The summed E-state index contributed by atoms with van der Waals surface area (Å²) in [5.41, 5.74) is 4.83. The van der Waals surface area contributed by atoms with Crippen LogP contribution in [-0.2, 0) is 25.7 Å². The van der Waals surface area contributed by atoms with Crippen molar-refractivity contribution in [2.45, 2.75) is 93.0 Å². The third-order valence-electron chi connectivity index (χ3n) is 12.7. The summed E-state index contributed by atoms with van der Waals surface area (Å²) in [6, 6.07) is 12.3. The van der Waals surface area contributed by atoms with Crippen LogP contribution in [0.3, 0.4) is 0 Å². The summed E-state index contributed by atoms with van der Waals surface area (Å²) in [5, 5.41) is 85.4. The Bertz CT molecular complexity index is 2260. The van der Waals surface area contributed by atoms with Crippen molar-refractivity contribution in [1.29, 1.82) is 0 Å². The zero-order valence-corrected chi connectivity index (χ0v) is 34.7. The van der Waals surface area contributed by atoms with E-state index in [-0.39, 0.29) is 85.2 Å². The molecule has 3 saturated heterocycles. The van der Waals surface area contributed by atoms with Crippen LogP contribution in [0.1, 0.15) is 80.1 Å². The molecule has 20 heteroatoms. The molecule has 4 aliphatic heterocycles. The van der Waals surface area contributed by atoms with Crippen molar-refractivity contribution in [3.63, 3.8) is 0 Å². The molecule has 5 aliphatic rings. The zero-order chi connectivity index (χ0) is 45.4. The fourth-order valence-electron chi connectivity index (χ4n) is 9.52. The minimum Gasteiger partial charge on any atom is -0.486 e. The number of nitrogens with one attached hydrogen (secondary N) is 3. The number of aliphatic hydroxyl groups excluding tert-OH is 6. The van der Waals surface area contributed by atoms with Gasteiger partial charge < -0.3 is 69.7 Å². The topological polar surface area (TPSA) is 312 Å². The maximum atomic E-state index is 14.9. The van der Waals surface area contributed by atoms with Crippen LogP contribution in [0, 0.1) is 5.92 Å². The van der Waals surface area contributed by atoms with Crippen molar-refractivity contribution < 1.29 is 73.9 Å². The number of hydrogen-bond acceptors (Lipinski definition) is 19. The summed E-state index contributed by atoms with van der Waals surface area (Å²) in [6.45, 7) is -2.25. The largest absolute Gasteiger partial charge is 0.486 e. The maximum absolute atomic E-state index is 14.9. The molecule has 3 aromatic rings. The van der Waals surface area contributed by atoms with Crippen LogP contribution in [0.25, 0.3) is 0 Å². The van der Waals surface area contributed by atoms with Gasteiger partial charge in [0.05, 0.1) is 38.2 Å². The van der Waals surface area contributed by atoms with Crippen molar-refractivity contribution in [2.24, 2.45) is 11.7 Å². The van der Waals surface area contributed by atoms with E-state index < -0.39 is 110 Å². The van der Waals surface area contributed by atoms with E-state index >= 15 is 0 Å². The van der Waals surface area contributed by atoms with Crippen molar-refractivity contribution in [2.75, 3.05) is 44.6 Å². The number of ether oxygens (including phenoxy) is 4. The van der Waals surface area contributed by atoms with Gasteiger partial charge in [-0.3, -0.25) is 30.8 Å². The predicted octanol–water partition coefficient (Wildman–Crippen LogP) is -2.20. The number of nitrogens with two attached hydrogens (primary N) is 1. The predicted molar refractivity (Wildman–Crippen MR) is 222 cm³/mol. The van der Waals surface area contributed by atoms with E-state index in [1.54, 1.807) is 12.1 Å². The van der Waals surface area contributed by atoms with Crippen molar-refractivity contribution in [1.82, 2.24) is 16.0 Å². The first-order chi connectivity index (χ1) is 30.8. The second kappa shape index (κ2) is 18.9. The van der Waals surface area contributed by atoms with Gasteiger partial charge >= 0.3 is 0 Å². The molecule has 4 heterocycles. The van der Waals surface area contributed by atoms with Crippen molar-refractivity contribution in [3.8, 4) is 11.5 Å². The molecule has 8 rings (SSSR count). The van der Waals surface area contributed by atoms with Crippen LogP contribution in [0.15, 0.2) is 48.5 Å². The molecule has 0 saturated carbocycles. The van der Waals surface area contributed by atoms with E-state index in [4.69, 9.17) is 24.7 Å². The van der Waals surface area contributed by atoms with Crippen LogP contribution in [0.5, 0.6) is 11.5 Å². The minimum absolute atomic E-state index is 0.0244. The lowest BCUT2D eigenvalue weighted by molar-refractivity contribution is -0.325. The molecule has 2 bridgehead atoms. The summed E-state index contributed by atoms with van der Waals surface area (Å²) in [5.74, 6) is -3.93. The van der Waals surface area contributed by atoms with Crippen LogP contribution < -0.4 is 36.1 Å². The Hall–Kier alpha value is -4.94. The number of carbonyl (C=O) groups excluding carboxylic acids is 4.